The van der Waals surface area contributed by atoms with Gasteiger partial charge in [-0.2, -0.15) is 14.5 Å². The average molecular weight is 409 g/mol. The first kappa shape index (κ1) is 20.5. The Balaban J connectivity index is 1.65. The number of carbonyl (C=O) groups excluding carboxylic acids is 1. The van der Waals surface area contributed by atoms with E-state index < -0.39 is 10.0 Å². The second-order valence-corrected chi connectivity index (χ2v) is 8.92. The molecule has 0 unspecified atom stereocenters. The number of amides is 1. The number of hydrogen-bond acceptors (Lipinski definition) is 5. The fourth-order valence-corrected chi connectivity index (χ4v) is 5.12. The van der Waals surface area contributed by atoms with Crippen LogP contribution in [0.25, 0.3) is 0 Å². The minimum absolute atomic E-state index is 0.132. The highest BCUT2D eigenvalue weighted by molar-refractivity contribution is 7.89. The predicted molar refractivity (Wildman–Crippen MR) is 104 cm³/mol. The standard InChI is InChI=1S/C18H28N6O3S/c1-4-22-10-8-16(21-22)11-19-18(25)15-7-6-9-24(12-15)28(26,27)17-13-23(5-2)20-14(17)3/h8,10,13,15H,4-7,9,11-12H2,1-3H3,(H,19,25)/t15-/m0/s1. The van der Waals surface area contributed by atoms with Crippen molar-refractivity contribution >= 4 is 15.9 Å². The summed E-state index contributed by atoms with van der Waals surface area (Å²) in [6, 6.07) is 1.87. The summed E-state index contributed by atoms with van der Waals surface area (Å²) in [5.41, 5.74) is 1.28. The smallest absolute Gasteiger partial charge is 0.246 e. The van der Waals surface area contributed by atoms with E-state index >= 15 is 0 Å². The summed E-state index contributed by atoms with van der Waals surface area (Å²) in [5.74, 6) is -0.495. The molecule has 0 aliphatic carbocycles. The van der Waals surface area contributed by atoms with E-state index in [0.717, 1.165) is 12.2 Å². The topological polar surface area (TPSA) is 102 Å². The van der Waals surface area contributed by atoms with Gasteiger partial charge in [0.05, 0.1) is 23.9 Å². The van der Waals surface area contributed by atoms with Crippen LogP contribution in [0.1, 0.15) is 38.1 Å². The monoisotopic (exact) mass is 408 g/mol. The molecule has 2 aromatic heterocycles. The van der Waals surface area contributed by atoms with Crippen LogP contribution in [0.4, 0.5) is 0 Å². The van der Waals surface area contributed by atoms with Crippen molar-refractivity contribution < 1.29 is 13.2 Å². The Bertz CT molecular complexity index is 933. The van der Waals surface area contributed by atoms with Crippen molar-refractivity contribution in [3.8, 4) is 0 Å². The number of hydrogen-bond donors (Lipinski definition) is 1. The molecular formula is C18H28N6O3S. The summed E-state index contributed by atoms with van der Waals surface area (Å²) in [6.45, 7) is 7.94. The largest absolute Gasteiger partial charge is 0.350 e. The van der Waals surface area contributed by atoms with E-state index in [1.165, 1.54) is 4.31 Å². The van der Waals surface area contributed by atoms with Gasteiger partial charge in [-0.05, 0) is 39.7 Å². The third-order valence-electron chi connectivity index (χ3n) is 5.06. The van der Waals surface area contributed by atoms with Gasteiger partial charge in [0.15, 0.2) is 0 Å². The minimum atomic E-state index is -3.66. The van der Waals surface area contributed by atoms with E-state index in [-0.39, 0.29) is 23.3 Å². The number of carbonyl (C=O) groups is 1. The third-order valence-corrected chi connectivity index (χ3v) is 7.03. The molecule has 1 saturated heterocycles. The molecule has 0 radical (unpaired) electrons. The maximum Gasteiger partial charge on any atom is 0.246 e. The quantitative estimate of drug-likeness (QED) is 0.740. The van der Waals surface area contributed by atoms with Crippen molar-refractivity contribution in [1.82, 2.24) is 29.2 Å². The van der Waals surface area contributed by atoms with E-state index in [1.807, 2.05) is 26.1 Å². The number of aryl methyl sites for hydroxylation is 3. The van der Waals surface area contributed by atoms with Crippen LogP contribution in [0.15, 0.2) is 23.4 Å². The van der Waals surface area contributed by atoms with Crippen LogP contribution in [0.5, 0.6) is 0 Å². The molecule has 0 saturated carbocycles. The first-order chi connectivity index (χ1) is 13.3. The van der Waals surface area contributed by atoms with E-state index in [9.17, 15) is 13.2 Å². The molecule has 0 bridgehead atoms. The zero-order valence-electron chi connectivity index (χ0n) is 16.6. The Morgan fingerprint density at radius 2 is 2.00 bits per heavy atom. The zero-order valence-corrected chi connectivity index (χ0v) is 17.4. The lowest BCUT2D eigenvalue weighted by molar-refractivity contribution is -0.126. The van der Waals surface area contributed by atoms with Crippen molar-refractivity contribution in [2.45, 2.75) is 58.1 Å². The maximum absolute atomic E-state index is 13.0. The number of piperidine rings is 1. The Kier molecular flexibility index (Phi) is 6.19. The third kappa shape index (κ3) is 4.27. The van der Waals surface area contributed by atoms with Gasteiger partial charge in [0.1, 0.15) is 4.90 Å². The molecule has 1 N–H and O–H groups in total. The van der Waals surface area contributed by atoms with Gasteiger partial charge in [0, 0.05) is 38.6 Å². The van der Waals surface area contributed by atoms with Gasteiger partial charge >= 0.3 is 0 Å². The van der Waals surface area contributed by atoms with Crippen LogP contribution in [0, 0.1) is 12.8 Å². The van der Waals surface area contributed by atoms with Gasteiger partial charge in [-0.15, -0.1) is 0 Å². The predicted octanol–water partition coefficient (Wildman–Crippen LogP) is 1.14. The molecule has 1 amide bonds. The van der Waals surface area contributed by atoms with Gasteiger partial charge in [0.2, 0.25) is 15.9 Å². The molecule has 0 spiro atoms. The minimum Gasteiger partial charge on any atom is -0.350 e. The number of sulfonamides is 1. The molecule has 1 aliphatic rings. The molecular weight excluding hydrogens is 380 g/mol. The Labute approximate surface area is 165 Å². The lowest BCUT2D eigenvalue weighted by atomic mass is 9.99. The lowest BCUT2D eigenvalue weighted by Crippen LogP contribution is -2.45. The average Bonchev–Trinajstić information content (AvgIpc) is 3.32. The summed E-state index contributed by atoms with van der Waals surface area (Å²) in [5, 5.41) is 11.5. The molecule has 2 aromatic rings. The van der Waals surface area contributed by atoms with Crippen LogP contribution in [-0.2, 0) is 34.5 Å². The number of nitrogens with zero attached hydrogens (tertiary/aromatic N) is 5. The summed E-state index contributed by atoms with van der Waals surface area (Å²) in [7, 11) is -3.66. The van der Waals surface area contributed by atoms with Crippen molar-refractivity contribution in [3.05, 3.63) is 29.8 Å². The Morgan fingerprint density at radius 3 is 2.64 bits per heavy atom. The van der Waals surface area contributed by atoms with Gasteiger partial charge < -0.3 is 5.32 Å². The molecule has 1 atom stereocenters. The molecule has 3 heterocycles. The summed E-state index contributed by atoms with van der Waals surface area (Å²) in [4.78, 5) is 12.8. The molecule has 154 valence electrons. The van der Waals surface area contributed by atoms with Gasteiger partial charge in [-0.3, -0.25) is 14.2 Å². The highest BCUT2D eigenvalue weighted by atomic mass is 32.2. The van der Waals surface area contributed by atoms with Gasteiger partial charge in [-0.1, -0.05) is 0 Å². The Hall–Kier alpha value is -2.20. The van der Waals surface area contributed by atoms with Crippen molar-refractivity contribution in [2.75, 3.05) is 13.1 Å². The van der Waals surface area contributed by atoms with Crippen LogP contribution in [-0.4, -0.2) is 51.3 Å². The summed E-state index contributed by atoms with van der Waals surface area (Å²) in [6.07, 6.45) is 4.77. The molecule has 28 heavy (non-hydrogen) atoms. The highest BCUT2D eigenvalue weighted by Gasteiger charge is 2.35. The van der Waals surface area contributed by atoms with Crippen molar-refractivity contribution in [2.24, 2.45) is 5.92 Å². The summed E-state index contributed by atoms with van der Waals surface area (Å²) >= 11 is 0. The van der Waals surface area contributed by atoms with Crippen molar-refractivity contribution in [1.29, 1.82) is 0 Å². The first-order valence-electron chi connectivity index (χ1n) is 9.69. The van der Waals surface area contributed by atoms with Crippen LogP contribution >= 0.6 is 0 Å². The second-order valence-electron chi connectivity index (χ2n) is 7.02. The van der Waals surface area contributed by atoms with E-state index in [0.29, 0.717) is 38.2 Å². The van der Waals surface area contributed by atoms with Crippen molar-refractivity contribution in [3.63, 3.8) is 0 Å². The number of nitrogens with one attached hydrogen (secondary N) is 1. The maximum atomic E-state index is 13.0. The molecule has 10 heteroatoms. The van der Waals surface area contributed by atoms with Crippen LogP contribution in [0.3, 0.4) is 0 Å². The summed E-state index contributed by atoms with van der Waals surface area (Å²) < 4.78 is 30.9. The first-order valence-corrected chi connectivity index (χ1v) is 11.1. The van der Waals surface area contributed by atoms with Gasteiger partial charge in [-0.25, -0.2) is 8.42 Å². The van der Waals surface area contributed by atoms with Crippen LogP contribution in [0.2, 0.25) is 0 Å². The highest BCUT2D eigenvalue weighted by Crippen LogP contribution is 2.25. The SMILES string of the molecule is CCn1ccc(CNC(=O)[C@H]2CCCN(S(=O)(=O)c3cn(CC)nc3C)C2)n1. The number of aromatic nitrogens is 4. The molecule has 1 aliphatic heterocycles. The number of rotatable bonds is 7. The van der Waals surface area contributed by atoms with E-state index in [1.54, 1.807) is 22.5 Å². The van der Waals surface area contributed by atoms with Crippen LogP contribution < -0.4 is 5.32 Å². The molecule has 3 rings (SSSR count). The van der Waals surface area contributed by atoms with Gasteiger partial charge in [0.25, 0.3) is 0 Å². The Morgan fingerprint density at radius 1 is 1.25 bits per heavy atom. The zero-order chi connectivity index (χ0) is 20.3. The lowest BCUT2D eigenvalue weighted by Gasteiger charge is -2.31. The normalized spacial score (nSPS) is 18.3. The molecule has 9 nitrogen and oxygen atoms in total. The fourth-order valence-electron chi connectivity index (χ4n) is 3.42. The van der Waals surface area contributed by atoms with E-state index in [2.05, 4.69) is 15.5 Å². The second kappa shape index (κ2) is 8.44. The van der Waals surface area contributed by atoms with E-state index in [4.69, 9.17) is 0 Å². The molecule has 0 aromatic carbocycles. The molecule has 1 fully saturated rings. The fraction of sp³-hybridized carbons (Fsp3) is 0.611.